The monoisotopic (exact) mass is 235 g/mol. The van der Waals surface area contributed by atoms with E-state index >= 15 is 0 Å². The molecule has 0 aliphatic rings. The van der Waals surface area contributed by atoms with Crippen molar-refractivity contribution in [1.82, 2.24) is 25.0 Å². The number of hydrogen-bond donors (Lipinski definition) is 1. The molecular formula is C10H7F2N5. The van der Waals surface area contributed by atoms with Gasteiger partial charge in [-0.15, -0.1) is 5.10 Å². The minimum Gasteiger partial charge on any atom is -0.347 e. The van der Waals surface area contributed by atoms with E-state index in [2.05, 4.69) is 20.3 Å². The molecule has 1 N–H and O–H groups in total. The first kappa shape index (κ1) is 9.88. The summed E-state index contributed by atoms with van der Waals surface area (Å²) >= 11 is 0. The topological polar surface area (TPSA) is 59.4 Å². The highest BCUT2D eigenvalue weighted by molar-refractivity contribution is 5.74. The molecule has 0 radical (unpaired) electrons. The van der Waals surface area contributed by atoms with Crippen molar-refractivity contribution in [3.05, 3.63) is 42.0 Å². The van der Waals surface area contributed by atoms with Crippen molar-refractivity contribution in [1.29, 1.82) is 0 Å². The van der Waals surface area contributed by atoms with Crippen LogP contribution in [0.15, 0.2) is 24.5 Å². The molecule has 17 heavy (non-hydrogen) atoms. The lowest BCUT2D eigenvalue weighted by Gasteiger charge is -1.99. The predicted octanol–water partition coefficient (Wildman–Crippen LogP) is 1.48. The van der Waals surface area contributed by atoms with E-state index in [1.807, 2.05) is 0 Å². The maximum absolute atomic E-state index is 13.4. The van der Waals surface area contributed by atoms with Crippen LogP contribution in [0.2, 0.25) is 0 Å². The Morgan fingerprint density at radius 3 is 2.94 bits per heavy atom. The van der Waals surface area contributed by atoms with Crippen LogP contribution in [0.4, 0.5) is 8.78 Å². The average molecular weight is 235 g/mol. The molecule has 3 aromatic rings. The highest BCUT2D eigenvalue weighted by Crippen LogP contribution is 2.17. The van der Waals surface area contributed by atoms with Gasteiger partial charge >= 0.3 is 0 Å². The van der Waals surface area contributed by atoms with Crippen LogP contribution in [0.5, 0.6) is 0 Å². The zero-order valence-corrected chi connectivity index (χ0v) is 8.56. The summed E-state index contributed by atoms with van der Waals surface area (Å²) in [5, 5.41) is 7.44. The van der Waals surface area contributed by atoms with Gasteiger partial charge in [-0.25, -0.2) is 18.4 Å². The molecule has 86 valence electrons. The predicted molar refractivity (Wildman–Crippen MR) is 55.1 cm³/mol. The normalized spacial score (nSPS) is 11.2. The molecule has 0 spiro atoms. The molecule has 0 fully saturated rings. The van der Waals surface area contributed by atoms with Crippen LogP contribution in [-0.2, 0) is 6.54 Å². The highest BCUT2D eigenvalue weighted by Gasteiger charge is 2.12. The van der Waals surface area contributed by atoms with Gasteiger partial charge in [0.15, 0.2) is 5.82 Å². The summed E-state index contributed by atoms with van der Waals surface area (Å²) in [5.74, 6) is -0.731. The molecule has 0 amide bonds. The van der Waals surface area contributed by atoms with E-state index in [9.17, 15) is 8.78 Å². The number of rotatable bonds is 2. The van der Waals surface area contributed by atoms with Crippen LogP contribution in [0.25, 0.3) is 11.0 Å². The van der Waals surface area contributed by atoms with E-state index in [4.69, 9.17) is 0 Å². The van der Waals surface area contributed by atoms with Crippen LogP contribution in [0.3, 0.4) is 0 Å². The zero-order chi connectivity index (χ0) is 11.8. The molecule has 5 nitrogen and oxygen atoms in total. The molecule has 2 aromatic heterocycles. The standard InChI is InChI=1S/C10H7F2N5/c11-6-3-7(12)10-8(4-6)17(16-15-10)5-9-13-1-2-14-9/h1-4H,5H2,(H,13,14). The molecule has 7 heteroatoms. The first-order valence-electron chi connectivity index (χ1n) is 4.90. The van der Waals surface area contributed by atoms with E-state index in [1.54, 1.807) is 12.4 Å². The fourth-order valence-corrected chi connectivity index (χ4v) is 1.64. The van der Waals surface area contributed by atoms with Crippen molar-refractivity contribution in [2.75, 3.05) is 0 Å². The first-order chi connectivity index (χ1) is 8.24. The Morgan fingerprint density at radius 1 is 1.29 bits per heavy atom. The van der Waals surface area contributed by atoms with E-state index in [-0.39, 0.29) is 12.1 Å². The third-order valence-electron chi connectivity index (χ3n) is 2.39. The van der Waals surface area contributed by atoms with Crippen LogP contribution in [-0.4, -0.2) is 25.0 Å². The fourth-order valence-electron chi connectivity index (χ4n) is 1.64. The molecule has 0 aliphatic carbocycles. The number of imidazole rings is 1. The largest absolute Gasteiger partial charge is 0.347 e. The molecule has 1 aromatic carbocycles. The lowest BCUT2D eigenvalue weighted by atomic mass is 10.3. The molecule has 3 rings (SSSR count). The second kappa shape index (κ2) is 3.62. The van der Waals surface area contributed by atoms with Gasteiger partial charge in [-0.2, -0.15) is 0 Å². The Balaban J connectivity index is 2.11. The Hall–Kier alpha value is -2.31. The number of fused-ring (bicyclic) bond motifs is 1. The van der Waals surface area contributed by atoms with Gasteiger partial charge in [-0.05, 0) is 0 Å². The second-order valence-electron chi connectivity index (χ2n) is 3.54. The SMILES string of the molecule is Fc1cc(F)c2nnn(Cc3ncc[nH]3)c2c1. The molecule has 0 saturated carbocycles. The second-order valence-corrected chi connectivity index (χ2v) is 3.54. The molecule has 0 saturated heterocycles. The van der Waals surface area contributed by atoms with Crippen molar-refractivity contribution in [2.24, 2.45) is 0 Å². The molecular weight excluding hydrogens is 228 g/mol. The lowest BCUT2D eigenvalue weighted by Crippen LogP contribution is -2.03. The number of nitrogens with zero attached hydrogens (tertiary/aromatic N) is 4. The molecule has 0 bridgehead atoms. The minimum absolute atomic E-state index is 0.0537. The number of hydrogen-bond acceptors (Lipinski definition) is 3. The van der Waals surface area contributed by atoms with Crippen molar-refractivity contribution >= 4 is 11.0 Å². The summed E-state index contributed by atoms with van der Waals surface area (Å²) < 4.78 is 27.9. The van der Waals surface area contributed by atoms with Gasteiger partial charge in [-0.3, -0.25) is 0 Å². The van der Waals surface area contributed by atoms with Crippen molar-refractivity contribution in [2.45, 2.75) is 6.54 Å². The summed E-state index contributed by atoms with van der Waals surface area (Å²) in [5.41, 5.74) is 0.358. The third-order valence-corrected chi connectivity index (χ3v) is 2.39. The van der Waals surface area contributed by atoms with Crippen molar-refractivity contribution < 1.29 is 8.78 Å². The Bertz CT molecular complexity index is 659. The zero-order valence-electron chi connectivity index (χ0n) is 8.56. The van der Waals surface area contributed by atoms with Crippen LogP contribution < -0.4 is 0 Å². The fraction of sp³-hybridized carbons (Fsp3) is 0.100. The number of halogens is 2. The average Bonchev–Trinajstić information content (AvgIpc) is 2.89. The first-order valence-corrected chi connectivity index (χ1v) is 4.90. The van der Waals surface area contributed by atoms with Crippen LogP contribution in [0, 0.1) is 11.6 Å². The Kier molecular flexibility index (Phi) is 2.10. The Labute approximate surface area is 94.1 Å². The summed E-state index contributed by atoms with van der Waals surface area (Å²) in [6, 6.07) is 1.98. The van der Waals surface area contributed by atoms with Gasteiger partial charge in [0.05, 0.1) is 5.52 Å². The molecule has 0 unspecified atom stereocenters. The molecule has 0 atom stereocenters. The Morgan fingerprint density at radius 2 is 2.18 bits per heavy atom. The van der Waals surface area contributed by atoms with E-state index in [1.165, 1.54) is 10.7 Å². The third kappa shape index (κ3) is 1.65. The van der Waals surface area contributed by atoms with Crippen molar-refractivity contribution in [3.63, 3.8) is 0 Å². The van der Waals surface area contributed by atoms with Crippen LogP contribution in [0.1, 0.15) is 5.82 Å². The van der Waals surface area contributed by atoms with Gasteiger partial charge in [-0.1, -0.05) is 5.21 Å². The summed E-state index contributed by atoms with van der Waals surface area (Å²) in [4.78, 5) is 6.89. The maximum atomic E-state index is 13.4. The van der Waals surface area contributed by atoms with E-state index in [0.29, 0.717) is 11.3 Å². The van der Waals surface area contributed by atoms with Crippen LogP contribution >= 0.6 is 0 Å². The van der Waals surface area contributed by atoms with Gasteiger partial charge in [0.25, 0.3) is 0 Å². The highest BCUT2D eigenvalue weighted by atomic mass is 19.1. The maximum Gasteiger partial charge on any atom is 0.155 e. The number of nitrogens with one attached hydrogen (secondary N) is 1. The smallest absolute Gasteiger partial charge is 0.155 e. The van der Waals surface area contributed by atoms with Gasteiger partial charge in [0.1, 0.15) is 23.7 Å². The van der Waals surface area contributed by atoms with E-state index in [0.717, 1.165) is 6.07 Å². The van der Waals surface area contributed by atoms with Gasteiger partial charge < -0.3 is 4.98 Å². The number of H-pyrrole nitrogens is 1. The number of aromatic nitrogens is 5. The number of aromatic amines is 1. The summed E-state index contributed by atoms with van der Waals surface area (Å²) in [7, 11) is 0. The van der Waals surface area contributed by atoms with E-state index < -0.39 is 11.6 Å². The van der Waals surface area contributed by atoms with Gasteiger partial charge in [0.2, 0.25) is 0 Å². The lowest BCUT2D eigenvalue weighted by molar-refractivity contribution is 0.590. The molecule has 2 heterocycles. The minimum atomic E-state index is -0.717. The quantitative estimate of drug-likeness (QED) is 0.731. The van der Waals surface area contributed by atoms with Gasteiger partial charge in [0, 0.05) is 24.5 Å². The summed E-state index contributed by atoms with van der Waals surface area (Å²) in [6.07, 6.45) is 3.26. The molecule has 0 aliphatic heterocycles. The number of benzene rings is 1. The summed E-state index contributed by atoms with van der Waals surface area (Å²) in [6.45, 7) is 0.284. The van der Waals surface area contributed by atoms with Crippen molar-refractivity contribution in [3.8, 4) is 0 Å².